The Balaban J connectivity index is 2.21. The summed E-state index contributed by atoms with van der Waals surface area (Å²) in [4.78, 5) is 13.8. The quantitative estimate of drug-likeness (QED) is 0.889. The molecule has 0 spiro atoms. The molecule has 0 aliphatic heterocycles. The molecule has 0 unspecified atom stereocenters. The molecule has 1 aliphatic rings. The van der Waals surface area contributed by atoms with Crippen molar-refractivity contribution in [3.8, 4) is 0 Å². The molecule has 2 rings (SSSR count). The molecule has 0 amide bonds. The summed E-state index contributed by atoms with van der Waals surface area (Å²) in [6.07, 6.45) is -1.90. The minimum Gasteiger partial charge on any atom is -0.481 e. The van der Waals surface area contributed by atoms with E-state index in [4.69, 9.17) is 5.11 Å². The van der Waals surface area contributed by atoms with Gasteiger partial charge in [0, 0.05) is 18.7 Å². The average Bonchev–Trinajstić information content (AvgIpc) is 2.94. The van der Waals surface area contributed by atoms with Crippen LogP contribution in [-0.4, -0.2) is 20.6 Å². The maximum Gasteiger partial charge on any atom is 0.449 e. The number of hydrogen-bond acceptors (Lipinski definition) is 2. The van der Waals surface area contributed by atoms with Crippen LogP contribution in [0.1, 0.15) is 36.8 Å². The third kappa shape index (κ3) is 2.78. The first-order valence-electron chi connectivity index (χ1n) is 5.24. The van der Waals surface area contributed by atoms with Crippen LogP contribution in [0.5, 0.6) is 0 Å². The van der Waals surface area contributed by atoms with Crippen molar-refractivity contribution in [2.45, 2.75) is 37.9 Å². The van der Waals surface area contributed by atoms with Crippen LogP contribution in [0.3, 0.4) is 0 Å². The predicted octanol–water partition coefficient (Wildman–Crippen LogP) is 2.25. The number of aryl methyl sites for hydroxylation is 1. The Hall–Kier alpha value is -1.53. The topological polar surface area (TPSA) is 55.1 Å². The molecule has 0 aromatic carbocycles. The second-order valence-electron chi connectivity index (χ2n) is 4.09. The third-order valence-electron chi connectivity index (χ3n) is 2.57. The second kappa shape index (κ2) is 4.05. The molecule has 0 bridgehead atoms. The van der Waals surface area contributed by atoms with Gasteiger partial charge in [0.25, 0.3) is 0 Å². The smallest absolute Gasteiger partial charge is 0.449 e. The first kappa shape index (κ1) is 11.9. The number of aromatic nitrogens is 2. The molecule has 1 aliphatic carbocycles. The lowest BCUT2D eigenvalue weighted by molar-refractivity contribution is -0.147. The number of carboxylic acids is 1. The van der Waals surface area contributed by atoms with Gasteiger partial charge in [-0.25, -0.2) is 4.98 Å². The van der Waals surface area contributed by atoms with E-state index in [2.05, 4.69) is 4.98 Å². The van der Waals surface area contributed by atoms with Gasteiger partial charge in [0.05, 0.1) is 12.1 Å². The molecule has 7 heteroatoms. The van der Waals surface area contributed by atoms with Gasteiger partial charge in [0.2, 0.25) is 5.82 Å². The van der Waals surface area contributed by atoms with Crippen LogP contribution in [0, 0.1) is 0 Å². The van der Waals surface area contributed by atoms with E-state index in [1.165, 1.54) is 6.20 Å². The van der Waals surface area contributed by atoms with E-state index in [0.29, 0.717) is 0 Å². The van der Waals surface area contributed by atoms with Crippen LogP contribution in [0.15, 0.2) is 6.20 Å². The minimum atomic E-state index is -4.48. The fourth-order valence-corrected chi connectivity index (χ4v) is 1.64. The van der Waals surface area contributed by atoms with Gasteiger partial charge in [-0.2, -0.15) is 13.2 Å². The van der Waals surface area contributed by atoms with Gasteiger partial charge in [-0.1, -0.05) is 0 Å². The SMILES string of the molecule is O=C(O)CCc1cn(C2CC2)c(C(F)(F)F)n1. The van der Waals surface area contributed by atoms with Crippen molar-refractivity contribution < 1.29 is 23.1 Å². The molecule has 1 aromatic rings. The van der Waals surface area contributed by atoms with E-state index in [1.807, 2.05) is 0 Å². The largest absolute Gasteiger partial charge is 0.481 e. The number of hydrogen-bond donors (Lipinski definition) is 1. The lowest BCUT2D eigenvalue weighted by Crippen LogP contribution is -2.13. The minimum absolute atomic E-state index is 0.0259. The van der Waals surface area contributed by atoms with E-state index in [9.17, 15) is 18.0 Å². The Morgan fingerprint density at radius 3 is 2.65 bits per heavy atom. The monoisotopic (exact) mass is 248 g/mol. The average molecular weight is 248 g/mol. The van der Waals surface area contributed by atoms with Crippen molar-refractivity contribution in [3.63, 3.8) is 0 Å². The highest BCUT2D eigenvalue weighted by Gasteiger charge is 2.40. The van der Waals surface area contributed by atoms with Crippen molar-refractivity contribution in [2.24, 2.45) is 0 Å². The molecule has 17 heavy (non-hydrogen) atoms. The first-order valence-corrected chi connectivity index (χ1v) is 5.24. The van der Waals surface area contributed by atoms with Crippen molar-refractivity contribution in [3.05, 3.63) is 17.7 Å². The number of nitrogens with zero attached hydrogens (tertiary/aromatic N) is 2. The molecular formula is C10H11F3N2O2. The van der Waals surface area contributed by atoms with Gasteiger partial charge in [0.1, 0.15) is 0 Å². The van der Waals surface area contributed by atoms with Crippen molar-refractivity contribution in [2.75, 3.05) is 0 Å². The van der Waals surface area contributed by atoms with Crippen LogP contribution < -0.4 is 0 Å². The van der Waals surface area contributed by atoms with Crippen molar-refractivity contribution >= 4 is 5.97 Å². The van der Waals surface area contributed by atoms with Crippen LogP contribution in [0.25, 0.3) is 0 Å². The maximum absolute atomic E-state index is 12.6. The number of imidazole rings is 1. The van der Waals surface area contributed by atoms with Crippen molar-refractivity contribution in [1.82, 2.24) is 9.55 Å². The third-order valence-corrected chi connectivity index (χ3v) is 2.57. The summed E-state index contributed by atoms with van der Waals surface area (Å²) in [5.74, 6) is -1.96. The van der Waals surface area contributed by atoms with E-state index >= 15 is 0 Å². The second-order valence-corrected chi connectivity index (χ2v) is 4.09. The summed E-state index contributed by atoms with van der Waals surface area (Å²) in [5.41, 5.74) is 0.187. The summed E-state index contributed by atoms with van der Waals surface area (Å²) < 4.78 is 39.1. The van der Waals surface area contributed by atoms with E-state index in [0.717, 1.165) is 17.4 Å². The van der Waals surface area contributed by atoms with Gasteiger partial charge >= 0.3 is 12.1 Å². The molecule has 1 aromatic heterocycles. The zero-order valence-electron chi connectivity index (χ0n) is 8.87. The van der Waals surface area contributed by atoms with Crippen LogP contribution in [0.2, 0.25) is 0 Å². The molecule has 0 radical (unpaired) electrons. The molecular weight excluding hydrogens is 237 g/mol. The highest BCUT2D eigenvalue weighted by molar-refractivity contribution is 5.66. The highest BCUT2D eigenvalue weighted by Crippen LogP contribution is 2.40. The molecule has 1 N–H and O–H groups in total. The van der Waals surface area contributed by atoms with Gasteiger partial charge < -0.3 is 9.67 Å². The molecule has 4 nitrogen and oxygen atoms in total. The summed E-state index contributed by atoms with van der Waals surface area (Å²) >= 11 is 0. The van der Waals surface area contributed by atoms with Gasteiger partial charge in [-0.05, 0) is 12.8 Å². The number of alkyl halides is 3. The summed E-state index contributed by atoms with van der Waals surface area (Å²) in [6, 6.07) is -0.127. The molecule has 0 saturated heterocycles. The number of halogens is 3. The Morgan fingerprint density at radius 1 is 1.53 bits per heavy atom. The normalized spacial score (nSPS) is 16.2. The highest BCUT2D eigenvalue weighted by atomic mass is 19.4. The van der Waals surface area contributed by atoms with Crippen LogP contribution in [-0.2, 0) is 17.4 Å². The molecule has 1 saturated carbocycles. The lowest BCUT2D eigenvalue weighted by Gasteiger charge is -2.08. The molecule has 94 valence electrons. The Morgan fingerprint density at radius 2 is 2.18 bits per heavy atom. The fourth-order valence-electron chi connectivity index (χ4n) is 1.64. The van der Waals surface area contributed by atoms with E-state index in [1.54, 1.807) is 0 Å². The van der Waals surface area contributed by atoms with Gasteiger partial charge in [0.15, 0.2) is 0 Å². The van der Waals surface area contributed by atoms with Gasteiger partial charge in [-0.3, -0.25) is 4.79 Å². The molecule has 1 heterocycles. The summed E-state index contributed by atoms with van der Waals surface area (Å²) in [5, 5.41) is 8.48. The molecule has 0 atom stereocenters. The molecule has 1 fully saturated rings. The van der Waals surface area contributed by atoms with E-state index in [-0.39, 0.29) is 24.6 Å². The van der Waals surface area contributed by atoms with E-state index < -0.39 is 18.0 Å². The number of rotatable bonds is 4. The maximum atomic E-state index is 12.6. The fraction of sp³-hybridized carbons (Fsp3) is 0.600. The number of carbonyl (C=O) groups is 1. The van der Waals surface area contributed by atoms with Gasteiger partial charge in [-0.15, -0.1) is 0 Å². The Labute approximate surface area is 95.1 Å². The number of aliphatic carboxylic acids is 1. The predicted molar refractivity (Wildman–Crippen MR) is 51.5 cm³/mol. The lowest BCUT2D eigenvalue weighted by atomic mass is 10.2. The zero-order valence-corrected chi connectivity index (χ0v) is 8.87. The van der Waals surface area contributed by atoms with Crippen LogP contribution >= 0.6 is 0 Å². The summed E-state index contributed by atoms with van der Waals surface area (Å²) in [6.45, 7) is 0. The standard InChI is InChI=1S/C10H11F3N2O2/c11-10(12,13)9-14-6(1-4-8(16)17)5-15(9)7-2-3-7/h5,7H,1-4H2,(H,16,17). The van der Waals surface area contributed by atoms with Crippen LogP contribution in [0.4, 0.5) is 13.2 Å². The number of carboxylic acid groups (broad SMARTS) is 1. The Bertz CT molecular complexity index is 435. The summed E-state index contributed by atoms with van der Waals surface area (Å²) in [7, 11) is 0. The zero-order chi connectivity index (χ0) is 12.6. The first-order chi connectivity index (χ1) is 7.88. The van der Waals surface area contributed by atoms with Crippen molar-refractivity contribution in [1.29, 1.82) is 0 Å². The Kier molecular flexibility index (Phi) is 2.84.